The maximum Gasteiger partial charge on any atom is 0.269 e. The molecule has 0 radical (unpaired) electrons. The molecule has 9 heteroatoms. The van der Waals surface area contributed by atoms with Crippen molar-refractivity contribution in [3.05, 3.63) is 28.8 Å². The monoisotopic (exact) mass is 324 g/mol. The Balaban J connectivity index is 2.24. The molecule has 0 aliphatic heterocycles. The molecule has 3 N–H and O–H groups in total. The molecule has 1 unspecified atom stereocenters. The molecule has 2 rings (SSSR count). The predicted molar refractivity (Wildman–Crippen MR) is 81.7 cm³/mol. The van der Waals surface area contributed by atoms with Gasteiger partial charge in [-0.05, 0) is 20.8 Å². The van der Waals surface area contributed by atoms with E-state index in [2.05, 4.69) is 15.5 Å². The molecule has 2 amide bonds. The third-order valence-electron chi connectivity index (χ3n) is 3.36. The molecule has 0 fully saturated rings. The summed E-state index contributed by atoms with van der Waals surface area (Å²) in [4.78, 5) is 23.9. The number of nitrogens with zero attached hydrogens (tertiary/aromatic N) is 4. The molecular formula is C13H17ClN6O2. The zero-order valence-electron chi connectivity index (χ0n) is 12.5. The lowest BCUT2D eigenvalue weighted by molar-refractivity contribution is -0.119. The molecule has 0 spiro atoms. The number of halogens is 1. The van der Waals surface area contributed by atoms with E-state index in [1.807, 2.05) is 6.92 Å². The van der Waals surface area contributed by atoms with Crippen LogP contribution in [-0.4, -0.2) is 31.4 Å². The quantitative estimate of drug-likeness (QED) is 0.865. The number of carbonyl (C=O) groups excluding carboxylic acids is 2. The summed E-state index contributed by atoms with van der Waals surface area (Å²) in [6.45, 7) is 5.74. The maximum absolute atomic E-state index is 12.3. The third-order valence-corrected chi connectivity index (χ3v) is 3.73. The highest BCUT2D eigenvalue weighted by molar-refractivity contribution is 6.31. The van der Waals surface area contributed by atoms with Crippen LogP contribution in [0.15, 0.2) is 12.4 Å². The van der Waals surface area contributed by atoms with E-state index >= 15 is 0 Å². The number of carbonyl (C=O) groups is 2. The number of aromatic nitrogens is 4. The van der Waals surface area contributed by atoms with E-state index in [9.17, 15) is 9.59 Å². The molecule has 0 aliphatic rings. The number of nitrogens with two attached hydrogens (primary N) is 1. The van der Waals surface area contributed by atoms with Gasteiger partial charge in [0.15, 0.2) is 0 Å². The van der Waals surface area contributed by atoms with E-state index < -0.39 is 11.9 Å². The average molecular weight is 325 g/mol. The Morgan fingerprint density at radius 3 is 2.59 bits per heavy atom. The second-order valence-electron chi connectivity index (χ2n) is 4.77. The van der Waals surface area contributed by atoms with Crippen LogP contribution >= 0.6 is 11.6 Å². The SMILES string of the molecule is CCn1ncc(NC(=O)C(C)n2ncc(Cl)c2C)c1C(N)=O. The maximum atomic E-state index is 12.3. The number of hydrogen-bond donors (Lipinski definition) is 2. The van der Waals surface area contributed by atoms with Gasteiger partial charge in [0, 0.05) is 6.54 Å². The Morgan fingerprint density at radius 1 is 1.41 bits per heavy atom. The van der Waals surface area contributed by atoms with E-state index in [-0.39, 0.29) is 17.3 Å². The van der Waals surface area contributed by atoms with Crippen molar-refractivity contribution in [3.8, 4) is 0 Å². The Kier molecular flexibility index (Phi) is 4.51. The van der Waals surface area contributed by atoms with Gasteiger partial charge in [-0.1, -0.05) is 11.6 Å². The first-order chi connectivity index (χ1) is 10.4. The molecule has 2 heterocycles. The van der Waals surface area contributed by atoms with Gasteiger partial charge in [-0.3, -0.25) is 19.0 Å². The summed E-state index contributed by atoms with van der Waals surface area (Å²) in [5.74, 6) is -0.998. The van der Waals surface area contributed by atoms with Gasteiger partial charge in [-0.15, -0.1) is 0 Å². The number of primary amides is 1. The highest BCUT2D eigenvalue weighted by atomic mass is 35.5. The summed E-state index contributed by atoms with van der Waals surface area (Å²) < 4.78 is 2.94. The van der Waals surface area contributed by atoms with Crippen LogP contribution in [0.4, 0.5) is 5.69 Å². The molecule has 0 aromatic carbocycles. The number of hydrogen-bond acceptors (Lipinski definition) is 4. The topological polar surface area (TPSA) is 108 Å². The van der Waals surface area contributed by atoms with Crippen LogP contribution in [0.25, 0.3) is 0 Å². The summed E-state index contributed by atoms with van der Waals surface area (Å²) in [7, 11) is 0. The first-order valence-corrected chi connectivity index (χ1v) is 7.10. The number of anilines is 1. The highest BCUT2D eigenvalue weighted by Crippen LogP contribution is 2.20. The number of aryl methyl sites for hydroxylation is 1. The van der Waals surface area contributed by atoms with Crippen molar-refractivity contribution in [2.75, 3.05) is 5.32 Å². The highest BCUT2D eigenvalue weighted by Gasteiger charge is 2.22. The van der Waals surface area contributed by atoms with E-state index in [1.165, 1.54) is 21.8 Å². The summed E-state index contributed by atoms with van der Waals surface area (Å²) in [5, 5.41) is 11.2. The van der Waals surface area contributed by atoms with Crippen molar-refractivity contribution in [2.45, 2.75) is 33.4 Å². The van der Waals surface area contributed by atoms with E-state index in [4.69, 9.17) is 17.3 Å². The molecule has 0 bridgehead atoms. The van der Waals surface area contributed by atoms with Gasteiger partial charge in [-0.2, -0.15) is 10.2 Å². The van der Waals surface area contributed by atoms with E-state index in [1.54, 1.807) is 13.8 Å². The normalized spacial score (nSPS) is 12.2. The Labute approximate surface area is 132 Å². The van der Waals surface area contributed by atoms with Crippen LogP contribution in [0.1, 0.15) is 36.1 Å². The fourth-order valence-electron chi connectivity index (χ4n) is 2.12. The molecule has 2 aromatic rings. The Hall–Kier alpha value is -2.35. The van der Waals surface area contributed by atoms with Gasteiger partial charge in [0.25, 0.3) is 5.91 Å². The minimum Gasteiger partial charge on any atom is -0.364 e. The largest absolute Gasteiger partial charge is 0.364 e. The zero-order chi connectivity index (χ0) is 16.4. The van der Waals surface area contributed by atoms with Crippen molar-refractivity contribution in [3.63, 3.8) is 0 Å². The smallest absolute Gasteiger partial charge is 0.269 e. The van der Waals surface area contributed by atoms with E-state index in [0.717, 1.165) is 0 Å². The fraction of sp³-hybridized carbons (Fsp3) is 0.385. The third kappa shape index (κ3) is 2.82. The molecule has 118 valence electrons. The van der Waals surface area contributed by atoms with Gasteiger partial charge in [-0.25, -0.2) is 0 Å². The average Bonchev–Trinajstić information content (AvgIpc) is 3.02. The van der Waals surface area contributed by atoms with Crippen molar-refractivity contribution in [2.24, 2.45) is 5.73 Å². The van der Waals surface area contributed by atoms with Crippen LogP contribution in [0.5, 0.6) is 0 Å². The summed E-state index contributed by atoms with van der Waals surface area (Å²) in [5.41, 5.74) is 6.47. The van der Waals surface area contributed by atoms with Gasteiger partial charge < -0.3 is 11.1 Å². The van der Waals surface area contributed by atoms with Crippen molar-refractivity contribution < 1.29 is 9.59 Å². The molecule has 0 saturated heterocycles. The van der Waals surface area contributed by atoms with Gasteiger partial charge in [0.2, 0.25) is 5.91 Å². The first kappa shape index (κ1) is 16.0. The minimum absolute atomic E-state index is 0.165. The van der Waals surface area contributed by atoms with Crippen LogP contribution in [0, 0.1) is 6.92 Å². The summed E-state index contributed by atoms with van der Waals surface area (Å²) in [6.07, 6.45) is 2.88. The number of rotatable bonds is 5. The Morgan fingerprint density at radius 2 is 2.09 bits per heavy atom. The lowest BCUT2D eigenvalue weighted by atomic mass is 10.2. The van der Waals surface area contributed by atoms with Crippen LogP contribution in [0.2, 0.25) is 5.02 Å². The molecule has 1 atom stereocenters. The second kappa shape index (κ2) is 6.18. The lowest BCUT2D eigenvalue weighted by Crippen LogP contribution is -2.27. The number of amides is 2. The molecule has 2 aromatic heterocycles. The predicted octanol–water partition coefficient (Wildman–Crippen LogP) is 1.36. The van der Waals surface area contributed by atoms with Gasteiger partial charge >= 0.3 is 0 Å². The van der Waals surface area contributed by atoms with Crippen molar-refractivity contribution in [1.29, 1.82) is 0 Å². The second-order valence-corrected chi connectivity index (χ2v) is 5.18. The van der Waals surface area contributed by atoms with E-state index in [0.29, 0.717) is 17.3 Å². The molecule has 8 nitrogen and oxygen atoms in total. The zero-order valence-corrected chi connectivity index (χ0v) is 13.3. The van der Waals surface area contributed by atoms with Gasteiger partial charge in [0.05, 0.1) is 28.8 Å². The standard InChI is InChI=1S/C13H17ClN6O2/c1-4-19-11(12(15)21)10(6-16-19)18-13(22)8(3)20-7(2)9(14)5-17-20/h5-6,8H,4H2,1-3H3,(H2,15,21)(H,18,22). The van der Waals surface area contributed by atoms with Crippen LogP contribution in [0.3, 0.4) is 0 Å². The van der Waals surface area contributed by atoms with Gasteiger partial charge in [0.1, 0.15) is 11.7 Å². The molecule has 0 saturated carbocycles. The molecule has 0 aliphatic carbocycles. The Bertz CT molecular complexity index is 720. The summed E-state index contributed by atoms with van der Waals surface area (Å²) >= 11 is 5.94. The fourth-order valence-corrected chi connectivity index (χ4v) is 2.25. The number of nitrogens with one attached hydrogen (secondary N) is 1. The van der Waals surface area contributed by atoms with Crippen molar-refractivity contribution >= 4 is 29.1 Å². The summed E-state index contributed by atoms with van der Waals surface area (Å²) in [6, 6.07) is -0.599. The van der Waals surface area contributed by atoms with Crippen LogP contribution < -0.4 is 11.1 Å². The lowest BCUT2D eigenvalue weighted by Gasteiger charge is -2.14. The molecular weight excluding hydrogens is 308 g/mol. The first-order valence-electron chi connectivity index (χ1n) is 6.72. The minimum atomic E-state index is -0.652. The molecule has 22 heavy (non-hydrogen) atoms. The van der Waals surface area contributed by atoms with Crippen LogP contribution in [-0.2, 0) is 11.3 Å². The van der Waals surface area contributed by atoms with Crippen molar-refractivity contribution in [1.82, 2.24) is 19.6 Å².